The average Bonchev–Trinajstić information content (AvgIpc) is 2.97. The molecule has 7 heteroatoms. The summed E-state index contributed by atoms with van der Waals surface area (Å²) in [5, 5.41) is 4.10. The van der Waals surface area contributed by atoms with E-state index in [-0.39, 0.29) is 16.3 Å². The summed E-state index contributed by atoms with van der Waals surface area (Å²) in [6.07, 6.45) is 2.70. The van der Waals surface area contributed by atoms with Crippen molar-refractivity contribution < 1.29 is 14.3 Å². The van der Waals surface area contributed by atoms with Gasteiger partial charge in [-0.1, -0.05) is 44.0 Å². The van der Waals surface area contributed by atoms with Gasteiger partial charge in [-0.2, -0.15) is 0 Å². The highest BCUT2D eigenvalue weighted by Crippen LogP contribution is 2.44. The highest BCUT2D eigenvalue weighted by Gasteiger charge is 2.34. The Balaban J connectivity index is 1.96. The Kier molecular flexibility index (Phi) is 6.08. The van der Waals surface area contributed by atoms with Crippen molar-refractivity contribution in [3.8, 4) is 0 Å². The second kappa shape index (κ2) is 8.05. The number of benzene rings is 1. The molecule has 1 aromatic heterocycles. The van der Waals surface area contributed by atoms with Crippen LogP contribution in [0, 0.1) is 11.3 Å². The zero-order valence-corrected chi connectivity index (χ0v) is 18.6. The first-order valence-corrected chi connectivity index (χ1v) is 10.7. The van der Waals surface area contributed by atoms with E-state index in [9.17, 15) is 9.59 Å². The van der Waals surface area contributed by atoms with Gasteiger partial charge in [0, 0.05) is 9.90 Å². The number of carbonyl (C=O) groups excluding carboxylic acids is 2. The Morgan fingerprint density at radius 3 is 2.57 bits per heavy atom. The van der Waals surface area contributed by atoms with Crippen LogP contribution in [0.5, 0.6) is 0 Å². The fraction of sp³-hybridized carbons (Fsp3) is 0.429. The molecule has 2 aromatic rings. The van der Waals surface area contributed by atoms with Gasteiger partial charge in [-0.25, -0.2) is 4.79 Å². The van der Waals surface area contributed by atoms with E-state index in [4.69, 9.17) is 27.9 Å². The Morgan fingerprint density at radius 1 is 1.25 bits per heavy atom. The molecule has 0 fully saturated rings. The predicted molar refractivity (Wildman–Crippen MR) is 115 cm³/mol. The number of hydrogen-bond donors (Lipinski definition) is 1. The van der Waals surface area contributed by atoms with Crippen LogP contribution in [0.3, 0.4) is 0 Å². The number of nitrogens with one attached hydrogen (secondary N) is 1. The van der Waals surface area contributed by atoms with Crippen LogP contribution in [-0.4, -0.2) is 19.0 Å². The molecule has 1 amide bonds. The third kappa shape index (κ3) is 4.22. The average molecular weight is 440 g/mol. The Morgan fingerprint density at radius 2 is 1.96 bits per heavy atom. The Hall–Kier alpha value is -1.56. The minimum absolute atomic E-state index is 0.188. The van der Waals surface area contributed by atoms with Gasteiger partial charge in [0.25, 0.3) is 5.91 Å². The fourth-order valence-corrected chi connectivity index (χ4v) is 5.38. The van der Waals surface area contributed by atoms with Crippen molar-refractivity contribution in [2.45, 2.75) is 40.0 Å². The van der Waals surface area contributed by atoms with Gasteiger partial charge in [-0.15, -0.1) is 11.3 Å². The van der Waals surface area contributed by atoms with Crippen molar-refractivity contribution in [3.63, 3.8) is 0 Å². The van der Waals surface area contributed by atoms with Crippen LogP contribution >= 0.6 is 34.5 Å². The number of anilines is 1. The van der Waals surface area contributed by atoms with Gasteiger partial charge >= 0.3 is 5.97 Å². The maximum Gasteiger partial charge on any atom is 0.341 e. The molecule has 1 heterocycles. The molecule has 1 aliphatic rings. The highest BCUT2D eigenvalue weighted by atomic mass is 35.5. The lowest BCUT2D eigenvalue weighted by Gasteiger charge is -2.33. The van der Waals surface area contributed by atoms with Gasteiger partial charge in [0.1, 0.15) is 5.00 Å². The minimum Gasteiger partial charge on any atom is -0.465 e. The molecule has 1 N–H and O–H groups in total. The quantitative estimate of drug-likeness (QED) is 0.575. The molecule has 1 aromatic carbocycles. The molecule has 1 aliphatic carbocycles. The Labute approximate surface area is 179 Å². The van der Waals surface area contributed by atoms with Crippen LogP contribution < -0.4 is 5.32 Å². The number of carbonyl (C=O) groups is 2. The van der Waals surface area contributed by atoms with Crippen LogP contribution in [-0.2, 0) is 17.6 Å². The molecule has 0 bridgehead atoms. The normalized spacial score (nSPS) is 16.4. The van der Waals surface area contributed by atoms with Gasteiger partial charge < -0.3 is 10.1 Å². The maximum atomic E-state index is 12.8. The summed E-state index contributed by atoms with van der Waals surface area (Å²) >= 11 is 13.5. The third-order valence-electron chi connectivity index (χ3n) is 5.28. The number of thiophene rings is 1. The number of hydrogen-bond acceptors (Lipinski definition) is 4. The van der Waals surface area contributed by atoms with Crippen molar-refractivity contribution in [3.05, 3.63) is 49.8 Å². The van der Waals surface area contributed by atoms with E-state index in [2.05, 4.69) is 26.1 Å². The fourth-order valence-electron chi connectivity index (χ4n) is 3.58. The number of rotatable bonds is 3. The van der Waals surface area contributed by atoms with Gasteiger partial charge in [0.2, 0.25) is 0 Å². The topological polar surface area (TPSA) is 55.4 Å². The van der Waals surface area contributed by atoms with Gasteiger partial charge in [0.15, 0.2) is 0 Å². The van der Waals surface area contributed by atoms with E-state index in [1.54, 1.807) is 12.1 Å². The number of methoxy groups -OCH3 is 1. The molecule has 0 radical (unpaired) electrons. The number of fused-ring (bicyclic) bond motifs is 1. The maximum absolute atomic E-state index is 12.8. The monoisotopic (exact) mass is 439 g/mol. The van der Waals surface area contributed by atoms with Crippen LogP contribution in [0.4, 0.5) is 5.00 Å². The summed E-state index contributed by atoms with van der Waals surface area (Å²) in [7, 11) is 1.36. The lowest BCUT2D eigenvalue weighted by Crippen LogP contribution is -2.26. The third-order valence-corrected chi connectivity index (χ3v) is 7.00. The van der Waals surface area contributed by atoms with Crippen molar-refractivity contribution >= 4 is 51.4 Å². The molecule has 0 spiro atoms. The zero-order chi connectivity index (χ0) is 20.6. The first-order valence-electron chi connectivity index (χ1n) is 9.11. The molecule has 28 heavy (non-hydrogen) atoms. The van der Waals surface area contributed by atoms with Gasteiger partial charge in [0.05, 0.1) is 23.3 Å². The number of ether oxygens (including phenoxy) is 1. The van der Waals surface area contributed by atoms with E-state index < -0.39 is 5.97 Å². The van der Waals surface area contributed by atoms with Crippen LogP contribution in [0.1, 0.15) is 58.3 Å². The highest BCUT2D eigenvalue weighted by molar-refractivity contribution is 7.17. The van der Waals surface area contributed by atoms with Crippen molar-refractivity contribution in [1.29, 1.82) is 0 Å². The molecular formula is C21H23Cl2NO3S. The second-order valence-electron chi connectivity index (χ2n) is 8.08. The smallest absolute Gasteiger partial charge is 0.341 e. The second-order valence-corrected chi connectivity index (χ2v) is 10.0. The van der Waals surface area contributed by atoms with Crippen LogP contribution in [0.15, 0.2) is 18.2 Å². The first kappa shape index (κ1) is 21.2. The summed E-state index contributed by atoms with van der Waals surface area (Å²) in [6.45, 7) is 6.72. The summed E-state index contributed by atoms with van der Waals surface area (Å²) < 4.78 is 5.00. The lowest BCUT2D eigenvalue weighted by atomic mass is 9.72. The molecule has 0 saturated carbocycles. The van der Waals surface area contributed by atoms with Crippen molar-refractivity contribution in [2.24, 2.45) is 11.3 Å². The van der Waals surface area contributed by atoms with E-state index >= 15 is 0 Å². The number of amides is 1. The van der Waals surface area contributed by atoms with E-state index in [0.29, 0.717) is 27.1 Å². The largest absolute Gasteiger partial charge is 0.465 e. The van der Waals surface area contributed by atoms with E-state index in [1.807, 2.05) is 0 Å². The van der Waals surface area contributed by atoms with Crippen molar-refractivity contribution in [1.82, 2.24) is 0 Å². The van der Waals surface area contributed by atoms with E-state index in [0.717, 1.165) is 29.7 Å². The zero-order valence-electron chi connectivity index (χ0n) is 16.3. The summed E-state index contributed by atoms with van der Waals surface area (Å²) in [6, 6.07) is 4.70. The van der Waals surface area contributed by atoms with Gasteiger partial charge in [-0.05, 0) is 54.4 Å². The molecule has 1 atom stereocenters. The molecule has 1 unspecified atom stereocenters. The van der Waals surface area contributed by atoms with Crippen molar-refractivity contribution in [2.75, 3.05) is 12.4 Å². The SMILES string of the molecule is COC(=O)c1c(NC(=O)c2ccc(Cl)cc2Cl)sc2c1CCC(C(C)(C)C)C2. The Bertz CT molecular complexity index is 930. The lowest BCUT2D eigenvalue weighted by molar-refractivity contribution is 0.0600. The number of esters is 1. The summed E-state index contributed by atoms with van der Waals surface area (Å²) in [5.41, 5.74) is 1.96. The minimum atomic E-state index is -0.427. The molecule has 150 valence electrons. The summed E-state index contributed by atoms with van der Waals surface area (Å²) in [5.74, 6) is -0.277. The molecule has 0 saturated heterocycles. The molecule has 4 nitrogen and oxygen atoms in total. The van der Waals surface area contributed by atoms with E-state index in [1.165, 1.54) is 24.5 Å². The number of halogens is 2. The predicted octanol–water partition coefficient (Wildman–Crippen LogP) is 6.24. The molecular weight excluding hydrogens is 417 g/mol. The molecule has 0 aliphatic heterocycles. The van der Waals surface area contributed by atoms with Crippen LogP contribution in [0.25, 0.3) is 0 Å². The molecule has 3 rings (SSSR count). The standard InChI is InChI=1S/C21H23Cl2NO3S/c1-21(2,3)11-5-7-14-16(9-11)28-19(17(14)20(26)27-4)24-18(25)13-8-6-12(22)10-15(13)23/h6,8,10-11H,5,7,9H2,1-4H3,(H,24,25). The summed E-state index contributed by atoms with van der Waals surface area (Å²) in [4.78, 5) is 26.4. The van der Waals surface area contributed by atoms with Gasteiger partial charge in [-0.3, -0.25) is 4.79 Å². The first-order chi connectivity index (χ1) is 13.1. The van der Waals surface area contributed by atoms with Crippen LogP contribution in [0.2, 0.25) is 10.0 Å².